The van der Waals surface area contributed by atoms with Crippen LogP contribution >= 0.6 is 34.8 Å². The second-order valence-corrected chi connectivity index (χ2v) is 8.88. The highest BCUT2D eigenvalue weighted by molar-refractivity contribution is 6.40. The average Bonchev–Trinajstić information content (AvgIpc) is 2.80. The number of esters is 1. The predicted octanol–water partition coefficient (Wildman–Crippen LogP) is 6.11. The van der Waals surface area contributed by atoms with Crippen molar-refractivity contribution in [2.45, 2.75) is 26.3 Å². The molecule has 0 aliphatic rings. The highest BCUT2D eigenvalue weighted by Crippen LogP contribution is 2.25. The third-order valence-corrected chi connectivity index (χ3v) is 6.11. The van der Waals surface area contributed by atoms with E-state index in [0.717, 1.165) is 5.56 Å². The van der Waals surface area contributed by atoms with Crippen molar-refractivity contribution in [3.8, 4) is 0 Å². The van der Waals surface area contributed by atoms with Gasteiger partial charge >= 0.3 is 5.97 Å². The van der Waals surface area contributed by atoms with Crippen molar-refractivity contribution in [2.24, 2.45) is 0 Å². The summed E-state index contributed by atoms with van der Waals surface area (Å²) in [6.45, 7) is 3.63. The zero-order valence-corrected chi connectivity index (χ0v) is 21.3. The Balaban J connectivity index is 1.74. The number of benzene rings is 3. The summed E-state index contributed by atoms with van der Waals surface area (Å²) >= 11 is 18.4. The first-order valence-corrected chi connectivity index (χ1v) is 11.9. The SMILES string of the molecule is CCOC(=O)[C@H](Cc1ccc(NC(=O)c2c(Cl)cccc2Cl)cc1)NC(=O)c1c(C)cccc1Cl. The van der Waals surface area contributed by atoms with Gasteiger partial charge in [-0.3, -0.25) is 9.59 Å². The van der Waals surface area contributed by atoms with Crippen LogP contribution < -0.4 is 10.6 Å². The molecule has 0 unspecified atom stereocenters. The standard InChI is InChI=1S/C26H23Cl3N2O4/c1-3-35-26(34)21(31-24(32)22-15(2)6-4-7-18(22)27)14-16-10-12-17(13-11-16)30-25(33)23-19(28)8-5-9-20(23)29/h4-13,21H,3,14H2,1-2H3,(H,30,33)(H,31,32)/t21-/m0/s1. The average molecular weight is 534 g/mol. The van der Waals surface area contributed by atoms with Crippen molar-refractivity contribution in [2.75, 3.05) is 11.9 Å². The topological polar surface area (TPSA) is 84.5 Å². The Bertz CT molecular complexity index is 1210. The number of amides is 2. The van der Waals surface area contributed by atoms with Gasteiger partial charge in [0.15, 0.2) is 0 Å². The van der Waals surface area contributed by atoms with Crippen LogP contribution in [-0.2, 0) is 16.0 Å². The summed E-state index contributed by atoms with van der Waals surface area (Å²) < 4.78 is 5.15. The number of hydrogen-bond donors (Lipinski definition) is 2. The summed E-state index contributed by atoms with van der Waals surface area (Å²) in [5, 5.41) is 6.26. The van der Waals surface area contributed by atoms with E-state index >= 15 is 0 Å². The van der Waals surface area contributed by atoms with Crippen LogP contribution in [0.5, 0.6) is 0 Å². The summed E-state index contributed by atoms with van der Waals surface area (Å²) in [4.78, 5) is 38.0. The largest absolute Gasteiger partial charge is 0.464 e. The van der Waals surface area contributed by atoms with Gasteiger partial charge in [-0.15, -0.1) is 0 Å². The molecule has 6 nitrogen and oxygen atoms in total. The maximum atomic E-state index is 12.9. The lowest BCUT2D eigenvalue weighted by Crippen LogP contribution is -2.43. The Morgan fingerprint density at radius 1 is 0.829 bits per heavy atom. The van der Waals surface area contributed by atoms with Crippen molar-refractivity contribution in [3.05, 3.63) is 98.0 Å². The molecule has 2 amide bonds. The molecule has 0 bridgehead atoms. The molecule has 0 aliphatic carbocycles. The Hall–Kier alpha value is -3.06. The molecular weight excluding hydrogens is 511 g/mol. The third-order valence-electron chi connectivity index (χ3n) is 5.17. The lowest BCUT2D eigenvalue weighted by atomic mass is 10.0. The molecule has 35 heavy (non-hydrogen) atoms. The first kappa shape index (κ1) is 26.5. The summed E-state index contributed by atoms with van der Waals surface area (Å²) in [5.74, 6) is -1.47. The first-order chi connectivity index (χ1) is 16.7. The fourth-order valence-corrected chi connectivity index (χ4v) is 4.33. The maximum Gasteiger partial charge on any atom is 0.328 e. The molecule has 0 radical (unpaired) electrons. The third kappa shape index (κ3) is 6.75. The normalized spacial score (nSPS) is 11.5. The number of rotatable bonds is 8. The van der Waals surface area contributed by atoms with Gasteiger partial charge in [-0.2, -0.15) is 0 Å². The lowest BCUT2D eigenvalue weighted by molar-refractivity contribution is -0.145. The highest BCUT2D eigenvalue weighted by Gasteiger charge is 2.25. The van der Waals surface area contributed by atoms with Crippen molar-refractivity contribution >= 4 is 58.3 Å². The number of ether oxygens (including phenoxy) is 1. The minimum absolute atomic E-state index is 0.173. The van der Waals surface area contributed by atoms with Crippen LogP contribution in [0, 0.1) is 6.92 Å². The zero-order chi connectivity index (χ0) is 25.5. The maximum absolute atomic E-state index is 12.9. The monoisotopic (exact) mass is 532 g/mol. The molecule has 182 valence electrons. The molecule has 1 atom stereocenters. The predicted molar refractivity (Wildman–Crippen MR) is 139 cm³/mol. The second-order valence-electron chi connectivity index (χ2n) is 7.66. The number of halogens is 3. The van der Waals surface area contributed by atoms with Crippen molar-refractivity contribution in [3.63, 3.8) is 0 Å². The summed E-state index contributed by atoms with van der Waals surface area (Å²) in [5.41, 5.74) is 2.43. The van der Waals surface area contributed by atoms with Crippen LogP contribution in [0.3, 0.4) is 0 Å². The number of anilines is 1. The van der Waals surface area contributed by atoms with Crippen molar-refractivity contribution in [1.29, 1.82) is 0 Å². The van der Waals surface area contributed by atoms with Gasteiger partial charge in [0.2, 0.25) is 0 Å². The van der Waals surface area contributed by atoms with Gasteiger partial charge in [-0.1, -0.05) is 65.1 Å². The molecule has 0 aromatic heterocycles. The number of nitrogens with one attached hydrogen (secondary N) is 2. The Kier molecular flexibility index (Phi) is 9.15. The van der Waals surface area contributed by atoms with Gasteiger partial charge in [-0.05, 0) is 55.3 Å². The molecule has 0 spiro atoms. The van der Waals surface area contributed by atoms with E-state index in [0.29, 0.717) is 21.8 Å². The fourth-order valence-electron chi connectivity index (χ4n) is 3.45. The van der Waals surface area contributed by atoms with Crippen molar-refractivity contribution in [1.82, 2.24) is 5.32 Å². The number of aryl methyl sites for hydroxylation is 1. The van der Waals surface area contributed by atoms with Crippen LogP contribution in [0.4, 0.5) is 5.69 Å². The summed E-state index contributed by atoms with van der Waals surface area (Å²) in [6.07, 6.45) is 0.179. The highest BCUT2D eigenvalue weighted by atomic mass is 35.5. The minimum Gasteiger partial charge on any atom is -0.464 e. The van der Waals surface area contributed by atoms with E-state index in [9.17, 15) is 14.4 Å². The molecule has 9 heteroatoms. The van der Waals surface area contributed by atoms with Crippen LogP contribution in [0.1, 0.15) is 38.8 Å². The molecule has 0 aliphatic heterocycles. The molecule has 3 rings (SSSR count). The first-order valence-electron chi connectivity index (χ1n) is 10.8. The molecule has 0 heterocycles. The zero-order valence-electron chi connectivity index (χ0n) is 19.0. The van der Waals surface area contributed by atoms with Crippen LogP contribution in [0.25, 0.3) is 0 Å². The molecule has 3 aromatic carbocycles. The Morgan fingerprint density at radius 2 is 1.40 bits per heavy atom. The summed E-state index contributed by atoms with van der Waals surface area (Å²) in [6, 6.07) is 15.9. The van der Waals surface area contributed by atoms with E-state index in [1.54, 1.807) is 74.5 Å². The van der Waals surface area contributed by atoms with E-state index in [2.05, 4.69) is 10.6 Å². The smallest absolute Gasteiger partial charge is 0.328 e. The summed E-state index contributed by atoms with van der Waals surface area (Å²) in [7, 11) is 0. The van der Waals surface area contributed by atoms with Crippen LogP contribution in [-0.4, -0.2) is 30.4 Å². The number of carbonyl (C=O) groups excluding carboxylic acids is 3. The lowest BCUT2D eigenvalue weighted by Gasteiger charge is -2.19. The quantitative estimate of drug-likeness (QED) is 0.342. The molecule has 0 saturated heterocycles. The molecule has 3 aromatic rings. The van der Waals surface area contributed by atoms with Gasteiger partial charge in [0.25, 0.3) is 11.8 Å². The van der Waals surface area contributed by atoms with Gasteiger partial charge in [0.1, 0.15) is 6.04 Å². The van der Waals surface area contributed by atoms with Gasteiger partial charge < -0.3 is 15.4 Å². The van der Waals surface area contributed by atoms with Crippen LogP contribution in [0.2, 0.25) is 15.1 Å². The van der Waals surface area contributed by atoms with Crippen molar-refractivity contribution < 1.29 is 19.1 Å². The van der Waals surface area contributed by atoms with E-state index < -0.39 is 23.8 Å². The fraction of sp³-hybridized carbons (Fsp3) is 0.192. The number of carbonyl (C=O) groups is 3. The van der Waals surface area contributed by atoms with E-state index in [-0.39, 0.29) is 28.6 Å². The van der Waals surface area contributed by atoms with Gasteiger partial charge in [-0.25, -0.2) is 4.79 Å². The Labute approximate surface area is 218 Å². The van der Waals surface area contributed by atoms with Gasteiger partial charge in [0.05, 0.1) is 32.8 Å². The molecular formula is C26H23Cl3N2O4. The molecule has 0 fully saturated rings. The minimum atomic E-state index is -0.930. The number of hydrogen-bond acceptors (Lipinski definition) is 4. The van der Waals surface area contributed by atoms with Crippen LogP contribution in [0.15, 0.2) is 60.7 Å². The van der Waals surface area contributed by atoms with E-state index in [4.69, 9.17) is 39.5 Å². The Morgan fingerprint density at radius 3 is 1.97 bits per heavy atom. The second kappa shape index (κ2) is 12.1. The van der Waals surface area contributed by atoms with E-state index in [1.165, 1.54) is 0 Å². The van der Waals surface area contributed by atoms with Gasteiger partial charge in [0, 0.05) is 12.1 Å². The molecule has 2 N–H and O–H groups in total. The van der Waals surface area contributed by atoms with E-state index in [1.807, 2.05) is 0 Å². The molecule has 0 saturated carbocycles.